The standard InChI is InChI=1S/C27H58NO/c1-5-7-9-11-13-15-16-18-20-22-24-27(28(3,4)25-26-29)23-21-19-17-14-12-10-8-6-2/h27,29H,5-26H2,1-4H3/q+1. The van der Waals surface area contributed by atoms with Gasteiger partial charge in [-0.05, 0) is 25.7 Å². The van der Waals surface area contributed by atoms with Crippen molar-refractivity contribution >= 4 is 0 Å². The molecule has 0 saturated heterocycles. The molecule has 0 aromatic carbocycles. The summed E-state index contributed by atoms with van der Waals surface area (Å²) in [6, 6.07) is 0.733. The first-order valence-corrected chi connectivity index (χ1v) is 13.5. The van der Waals surface area contributed by atoms with E-state index in [1.165, 1.54) is 128 Å². The summed E-state index contributed by atoms with van der Waals surface area (Å²) in [7, 11) is 4.67. The van der Waals surface area contributed by atoms with E-state index in [9.17, 15) is 5.11 Å². The number of nitrogens with zero attached hydrogens (tertiary/aromatic N) is 1. The second-order valence-corrected chi connectivity index (χ2v) is 10.1. The van der Waals surface area contributed by atoms with E-state index in [4.69, 9.17) is 0 Å². The lowest BCUT2D eigenvalue weighted by Gasteiger charge is -2.38. The molecule has 1 N–H and O–H groups in total. The zero-order valence-electron chi connectivity index (χ0n) is 21.0. The SMILES string of the molecule is CCCCCCCCCCCCC(CCCCCCCCCC)[N+](C)(C)CCO. The van der Waals surface area contributed by atoms with E-state index in [0.29, 0.717) is 6.61 Å². The van der Waals surface area contributed by atoms with Crippen LogP contribution >= 0.6 is 0 Å². The summed E-state index contributed by atoms with van der Waals surface area (Å²) in [6.45, 7) is 5.81. The molecule has 1 unspecified atom stereocenters. The monoisotopic (exact) mass is 412 g/mol. The molecule has 2 heteroatoms. The zero-order chi connectivity index (χ0) is 21.6. The van der Waals surface area contributed by atoms with Gasteiger partial charge in [0.05, 0.1) is 26.7 Å². The van der Waals surface area contributed by atoms with Crippen LogP contribution in [0.25, 0.3) is 0 Å². The molecule has 0 rings (SSSR count). The van der Waals surface area contributed by atoms with Crippen molar-refractivity contribution in [3.8, 4) is 0 Å². The van der Waals surface area contributed by atoms with Crippen LogP contribution in [0.2, 0.25) is 0 Å². The van der Waals surface area contributed by atoms with Gasteiger partial charge in [0.25, 0.3) is 0 Å². The summed E-state index contributed by atoms with van der Waals surface area (Å²) < 4.78 is 1.00. The van der Waals surface area contributed by atoms with Gasteiger partial charge in [0.1, 0.15) is 6.54 Å². The molecular weight excluding hydrogens is 354 g/mol. The van der Waals surface area contributed by atoms with Gasteiger partial charge in [-0.2, -0.15) is 0 Å². The highest BCUT2D eigenvalue weighted by atomic mass is 16.3. The van der Waals surface area contributed by atoms with Crippen LogP contribution in [-0.4, -0.2) is 42.9 Å². The van der Waals surface area contributed by atoms with Crippen molar-refractivity contribution < 1.29 is 9.59 Å². The van der Waals surface area contributed by atoms with Gasteiger partial charge in [-0.25, -0.2) is 0 Å². The zero-order valence-corrected chi connectivity index (χ0v) is 21.0. The smallest absolute Gasteiger partial charge is 0.102 e. The average molecular weight is 413 g/mol. The van der Waals surface area contributed by atoms with Gasteiger partial charge in [0.15, 0.2) is 0 Å². The van der Waals surface area contributed by atoms with E-state index in [1.54, 1.807) is 0 Å². The number of hydrogen-bond donors (Lipinski definition) is 1. The molecule has 0 spiro atoms. The van der Waals surface area contributed by atoms with Gasteiger partial charge in [-0.1, -0.05) is 117 Å². The number of quaternary nitrogens is 1. The molecule has 0 aliphatic rings. The second-order valence-electron chi connectivity index (χ2n) is 10.1. The molecule has 0 aromatic heterocycles. The molecule has 0 aliphatic carbocycles. The Hall–Kier alpha value is -0.0800. The van der Waals surface area contributed by atoms with Crippen molar-refractivity contribution in [2.75, 3.05) is 27.2 Å². The first-order chi connectivity index (χ1) is 14.1. The van der Waals surface area contributed by atoms with Crippen molar-refractivity contribution in [1.82, 2.24) is 0 Å². The Morgan fingerprint density at radius 1 is 0.517 bits per heavy atom. The molecule has 29 heavy (non-hydrogen) atoms. The lowest BCUT2D eigenvalue weighted by atomic mass is 9.97. The summed E-state index contributed by atoms with van der Waals surface area (Å²) in [5.74, 6) is 0. The Morgan fingerprint density at radius 2 is 0.828 bits per heavy atom. The number of likely N-dealkylation sites (N-methyl/N-ethyl adjacent to an activating group) is 1. The number of rotatable bonds is 23. The first kappa shape index (κ1) is 28.9. The van der Waals surface area contributed by atoms with E-state index in [0.717, 1.165) is 17.1 Å². The summed E-state index contributed by atoms with van der Waals surface area (Å²) in [4.78, 5) is 0. The largest absolute Gasteiger partial charge is 0.391 e. The fraction of sp³-hybridized carbons (Fsp3) is 1.00. The molecule has 1 atom stereocenters. The Kier molecular flexibility index (Phi) is 21.1. The molecule has 0 fully saturated rings. The molecule has 176 valence electrons. The number of aliphatic hydroxyl groups is 1. The highest BCUT2D eigenvalue weighted by Crippen LogP contribution is 2.22. The minimum Gasteiger partial charge on any atom is -0.391 e. The number of unbranched alkanes of at least 4 members (excludes halogenated alkanes) is 16. The Labute approximate surface area is 185 Å². The number of aliphatic hydroxyl groups excluding tert-OH is 1. The third kappa shape index (κ3) is 18.4. The van der Waals surface area contributed by atoms with Crippen LogP contribution in [0.4, 0.5) is 0 Å². The summed E-state index contributed by atoms with van der Waals surface area (Å²) >= 11 is 0. The van der Waals surface area contributed by atoms with Crippen LogP contribution in [0.3, 0.4) is 0 Å². The normalized spacial score (nSPS) is 13.1. The minimum atomic E-state index is 0.318. The van der Waals surface area contributed by atoms with Crippen LogP contribution in [0.15, 0.2) is 0 Å². The van der Waals surface area contributed by atoms with Crippen LogP contribution in [0.1, 0.15) is 142 Å². The van der Waals surface area contributed by atoms with Crippen LogP contribution in [0.5, 0.6) is 0 Å². The predicted octanol–water partition coefficient (Wildman–Crippen LogP) is 8.27. The van der Waals surface area contributed by atoms with Gasteiger partial charge in [-0.3, -0.25) is 0 Å². The predicted molar refractivity (Wildman–Crippen MR) is 132 cm³/mol. The van der Waals surface area contributed by atoms with Crippen molar-refractivity contribution in [3.63, 3.8) is 0 Å². The Bertz CT molecular complexity index is 316. The Morgan fingerprint density at radius 3 is 1.14 bits per heavy atom. The highest BCUT2D eigenvalue weighted by Gasteiger charge is 2.26. The minimum absolute atomic E-state index is 0.318. The fourth-order valence-corrected chi connectivity index (χ4v) is 4.66. The molecule has 0 amide bonds. The second kappa shape index (κ2) is 21.2. The van der Waals surface area contributed by atoms with Gasteiger partial charge in [0, 0.05) is 0 Å². The van der Waals surface area contributed by atoms with Crippen molar-refractivity contribution in [2.24, 2.45) is 0 Å². The van der Waals surface area contributed by atoms with Gasteiger partial charge in [-0.15, -0.1) is 0 Å². The number of hydrogen-bond acceptors (Lipinski definition) is 1. The van der Waals surface area contributed by atoms with E-state index in [1.807, 2.05) is 0 Å². The lowest BCUT2D eigenvalue weighted by Crippen LogP contribution is -2.50. The molecule has 0 bridgehead atoms. The van der Waals surface area contributed by atoms with Crippen LogP contribution < -0.4 is 0 Å². The molecule has 0 heterocycles. The molecular formula is C27H58NO+. The topological polar surface area (TPSA) is 20.2 Å². The van der Waals surface area contributed by atoms with E-state index < -0.39 is 0 Å². The Balaban J connectivity index is 3.90. The summed E-state index contributed by atoms with van der Waals surface area (Å²) in [6.07, 6.45) is 28.1. The molecule has 0 radical (unpaired) electrons. The molecule has 0 aliphatic heterocycles. The molecule has 0 aromatic rings. The van der Waals surface area contributed by atoms with Crippen molar-refractivity contribution in [2.45, 2.75) is 148 Å². The summed E-state index contributed by atoms with van der Waals surface area (Å²) in [5.41, 5.74) is 0. The maximum atomic E-state index is 9.49. The van der Waals surface area contributed by atoms with E-state index in [-0.39, 0.29) is 0 Å². The lowest BCUT2D eigenvalue weighted by molar-refractivity contribution is -0.916. The van der Waals surface area contributed by atoms with E-state index in [2.05, 4.69) is 27.9 Å². The van der Waals surface area contributed by atoms with Crippen molar-refractivity contribution in [3.05, 3.63) is 0 Å². The third-order valence-electron chi connectivity index (χ3n) is 6.95. The first-order valence-electron chi connectivity index (χ1n) is 13.5. The van der Waals surface area contributed by atoms with Crippen LogP contribution in [0, 0.1) is 0 Å². The van der Waals surface area contributed by atoms with E-state index >= 15 is 0 Å². The average Bonchev–Trinajstić information content (AvgIpc) is 2.69. The highest BCUT2D eigenvalue weighted by molar-refractivity contribution is 4.62. The van der Waals surface area contributed by atoms with Crippen LogP contribution in [-0.2, 0) is 0 Å². The molecule has 0 saturated carbocycles. The maximum Gasteiger partial charge on any atom is 0.102 e. The van der Waals surface area contributed by atoms with Gasteiger partial charge >= 0.3 is 0 Å². The van der Waals surface area contributed by atoms with Crippen molar-refractivity contribution in [1.29, 1.82) is 0 Å². The van der Waals surface area contributed by atoms with Gasteiger partial charge in [0.2, 0.25) is 0 Å². The molecule has 2 nitrogen and oxygen atoms in total. The quantitative estimate of drug-likeness (QED) is 0.132. The third-order valence-corrected chi connectivity index (χ3v) is 6.95. The fourth-order valence-electron chi connectivity index (χ4n) is 4.66. The van der Waals surface area contributed by atoms with Gasteiger partial charge < -0.3 is 9.59 Å². The summed E-state index contributed by atoms with van der Waals surface area (Å²) in [5, 5.41) is 9.49. The maximum absolute atomic E-state index is 9.49.